The van der Waals surface area contributed by atoms with Gasteiger partial charge >= 0.3 is 0 Å². The molecule has 1 rings (SSSR count). The molecule has 1 unspecified atom stereocenters. The highest BCUT2D eigenvalue weighted by atomic mass is 16.5. The summed E-state index contributed by atoms with van der Waals surface area (Å²) in [5.74, 6) is 0. The zero-order valence-corrected chi connectivity index (χ0v) is 11.0. The van der Waals surface area contributed by atoms with E-state index in [-0.39, 0.29) is 0 Å². The molecule has 0 aromatic heterocycles. The summed E-state index contributed by atoms with van der Waals surface area (Å²) in [6, 6.07) is 0.681. The van der Waals surface area contributed by atoms with Crippen LogP contribution in [0.4, 0.5) is 0 Å². The molecule has 3 heteroatoms. The van der Waals surface area contributed by atoms with Gasteiger partial charge in [-0.05, 0) is 25.0 Å². The average molecular weight is 226 g/mol. The minimum absolute atomic E-state index is 0.681. The van der Waals surface area contributed by atoms with Crippen molar-refractivity contribution in [2.75, 3.05) is 39.9 Å². The first kappa shape index (κ1) is 13.7. The van der Waals surface area contributed by atoms with Gasteiger partial charge < -0.3 is 10.1 Å². The maximum absolute atomic E-state index is 5.17. The molecule has 0 saturated heterocycles. The molecule has 0 bridgehead atoms. The third-order valence-corrected chi connectivity index (χ3v) is 3.28. The maximum atomic E-state index is 5.17. The van der Waals surface area contributed by atoms with Crippen LogP contribution in [0.3, 0.4) is 0 Å². The highest BCUT2D eigenvalue weighted by Gasteiger charge is 2.18. The molecule has 0 amide bonds. The van der Waals surface area contributed by atoms with Gasteiger partial charge in [0, 0.05) is 32.8 Å². The SMILES string of the molecule is CCNCC(CC)N1CC=C(COC)CC1. The summed E-state index contributed by atoms with van der Waals surface area (Å²) in [4.78, 5) is 2.57. The van der Waals surface area contributed by atoms with Crippen LogP contribution in [0.1, 0.15) is 26.7 Å². The largest absolute Gasteiger partial charge is 0.380 e. The zero-order valence-electron chi connectivity index (χ0n) is 11.0. The van der Waals surface area contributed by atoms with E-state index in [0.717, 1.165) is 32.7 Å². The first-order chi connectivity index (χ1) is 7.81. The summed E-state index contributed by atoms with van der Waals surface area (Å²) < 4.78 is 5.17. The van der Waals surface area contributed by atoms with Gasteiger partial charge in [0.2, 0.25) is 0 Å². The van der Waals surface area contributed by atoms with Gasteiger partial charge in [0.1, 0.15) is 0 Å². The molecule has 1 atom stereocenters. The molecule has 0 saturated carbocycles. The minimum Gasteiger partial charge on any atom is -0.380 e. The molecule has 0 aromatic carbocycles. The lowest BCUT2D eigenvalue weighted by Gasteiger charge is -2.33. The molecule has 16 heavy (non-hydrogen) atoms. The number of nitrogens with zero attached hydrogens (tertiary/aromatic N) is 1. The molecule has 0 spiro atoms. The number of hydrogen-bond donors (Lipinski definition) is 1. The summed E-state index contributed by atoms with van der Waals surface area (Å²) in [6.07, 6.45) is 4.72. The van der Waals surface area contributed by atoms with Crippen LogP contribution >= 0.6 is 0 Å². The second-order valence-electron chi connectivity index (χ2n) is 4.41. The monoisotopic (exact) mass is 226 g/mol. The van der Waals surface area contributed by atoms with Crippen molar-refractivity contribution in [3.8, 4) is 0 Å². The van der Waals surface area contributed by atoms with Gasteiger partial charge in [-0.2, -0.15) is 0 Å². The van der Waals surface area contributed by atoms with Crippen LogP contribution in [0.25, 0.3) is 0 Å². The Labute approximate surface area is 99.8 Å². The number of methoxy groups -OCH3 is 1. The van der Waals surface area contributed by atoms with E-state index in [2.05, 4.69) is 30.1 Å². The topological polar surface area (TPSA) is 24.5 Å². The third-order valence-electron chi connectivity index (χ3n) is 3.28. The molecule has 0 aromatic rings. The predicted molar refractivity (Wildman–Crippen MR) is 68.8 cm³/mol. The first-order valence-electron chi connectivity index (χ1n) is 6.43. The summed E-state index contributed by atoms with van der Waals surface area (Å²) in [7, 11) is 1.77. The van der Waals surface area contributed by atoms with Crippen molar-refractivity contribution in [2.24, 2.45) is 0 Å². The highest BCUT2D eigenvalue weighted by Crippen LogP contribution is 2.14. The number of nitrogens with one attached hydrogen (secondary N) is 1. The molecular formula is C13H26N2O. The van der Waals surface area contributed by atoms with E-state index < -0.39 is 0 Å². The van der Waals surface area contributed by atoms with Gasteiger partial charge in [-0.15, -0.1) is 0 Å². The third kappa shape index (κ3) is 4.24. The van der Waals surface area contributed by atoms with Gasteiger partial charge in [-0.25, -0.2) is 0 Å². The molecule has 3 nitrogen and oxygen atoms in total. The molecule has 0 aliphatic carbocycles. The quantitative estimate of drug-likeness (QED) is 0.668. The second-order valence-corrected chi connectivity index (χ2v) is 4.41. The fraction of sp³-hybridized carbons (Fsp3) is 0.846. The lowest BCUT2D eigenvalue weighted by atomic mass is 10.1. The van der Waals surface area contributed by atoms with E-state index in [1.54, 1.807) is 7.11 Å². The summed E-state index contributed by atoms with van der Waals surface area (Å²) in [5.41, 5.74) is 1.46. The maximum Gasteiger partial charge on any atom is 0.0673 e. The lowest BCUT2D eigenvalue weighted by molar-refractivity contribution is 0.183. The molecule has 1 N–H and O–H groups in total. The van der Waals surface area contributed by atoms with Crippen LogP contribution in [-0.2, 0) is 4.74 Å². The number of rotatable bonds is 7. The second kappa shape index (κ2) is 7.82. The zero-order chi connectivity index (χ0) is 11.8. The van der Waals surface area contributed by atoms with Crippen molar-refractivity contribution in [3.05, 3.63) is 11.6 Å². The number of ether oxygens (including phenoxy) is 1. The van der Waals surface area contributed by atoms with Gasteiger partial charge in [0.05, 0.1) is 6.61 Å². The van der Waals surface area contributed by atoms with E-state index in [0.29, 0.717) is 6.04 Å². The van der Waals surface area contributed by atoms with Crippen molar-refractivity contribution in [3.63, 3.8) is 0 Å². The number of hydrogen-bond acceptors (Lipinski definition) is 3. The number of likely N-dealkylation sites (N-methyl/N-ethyl adjacent to an activating group) is 1. The van der Waals surface area contributed by atoms with E-state index in [1.165, 1.54) is 18.5 Å². The Hall–Kier alpha value is -0.380. The normalized spacial score (nSPS) is 19.6. The van der Waals surface area contributed by atoms with Gasteiger partial charge in [0.25, 0.3) is 0 Å². The van der Waals surface area contributed by atoms with Crippen molar-refractivity contribution >= 4 is 0 Å². The van der Waals surface area contributed by atoms with Crippen molar-refractivity contribution < 1.29 is 4.74 Å². The van der Waals surface area contributed by atoms with E-state index in [1.807, 2.05) is 0 Å². The Morgan fingerprint density at radius 3 is 2.81 bits per heavy atom. The van der Waals surface area contributed by atoms with E-state index >= 15 is 0 Å². The van der Waals surface area contributed by atoms with E-state index in [4.69, 9.17) is 4.74 Å². The minimum atomic E-state index is 0.681. The lowest BCUT2D eigenvalue weighted by Crippen LogP contribution is -2.44. The smallest absolute Gasteiger partial charge is 0.0673 e. The Morgan fingerprint density at radius 2 is 2.31 bits per heavy atom. The standard InChI is InChI=1S/C13H26N2O/c1-4-13(10-14-5-2)15-8-6-12(7-9-15)11-16-3/h6,13-14H,4-5,7-11H2,1-3H3. The Balaban J connectivity index is 2.38. The molecular weight excluding hydrogens is 200 g/mol. The molecule has 1 heterocycles. The molecule has 0 radical (unpaired) electrons. The fourth-order valence-corrected chi connectivity index (χ4v) is 2.22. The Kier molecular flexibility index (Phi) is 6.69. The average Bonchev–Trinajstić information content (AvgIpc) is 2.32. The molecule has 1 aliphatic rings. The van der Waals surface area contributed by atoms with Crippen LogP contribution in [0.2, 0.25) is 0 Å². The van der Waals surface area contributed by atoms with Crippen molar-refractivity contribution in [1.29, 1.82) is 0 Å². The summed E-state index contributed by atoms with van der Waals surface area (Å²) >= 11 is 0. The van der Waals surface area contributed by atoms with Gasteiger partial charge in [-0.1, -0.05) is 19.9 Å². The van der Waals surface area contributed by atoms with E-state index in [9.17, 15) is 0 Å². The van der Waals surface area contributed by atoms with Crippen LogP contribution in [0.15, 0.2) is 11.6 Å². The molecule has 0 fully saturated rings. The van der Waals surface area contributed by atoms with Gasteiger partial charge in [0.15, 0.2) is 0 Å². The van der Waals surface area contributed by atoms with Gasteiger partial charge in [-0.3, -0.25) is 4.90 Å². The summed E-state index contributed by atoms with van der Waals surface area (Å²) in [5, 5.41) is 3.45. The Morgan fingerprint density at radius 1 is 1.50 bits per heavy atom. The van der Waals surface area contributed by atoms with Crippen LogP contribution < -0.4 is 5.32 Å². The summed E-state index contributed by atoms with van der Waals surface area (Å²) in [6.45, 7) is 9.69. The first-order valence-corrected chi connectivity index (χ1v) is 6.43. The molecule has 1 aliphatic heterocycles. The Bertz CT molecular complexity index is 216. The van der Waals surface area contributed by atoms with Crippen molar-refractivity contribution in [2.45, 2.75) is 32.7 Å². The van der Waals surface area contributed by atoms with Crippen LogP contribution in [0.5, 0.6) is 0 Å². The molecule has 94 valence electrons. The highest BCUT2D eigenvalue weighted by molar-refractivity contribution is 5.08. The van der Waals surface area contributed by atoms with Crippen molar-refractivity contribution in [1.82, 2.24) is 10.2 Å². The fourth-order valence-electron chi connectivity index (χ4n) is 2.22. The van der Waals surface area contributed by atoms with Crippen LogP contribution in [0, 0.1) is 0 Å². The van der Waals surface area contributed by atoms with Crippen LogP contribution in [-0.4, -0.2) is 50.8 Å². The predicted octanol–water partition coefficient (Wildman–Crippen LogP) is 1.65.